The highest BCUT2D eigenvalue weighted by Gasteiger charge is 2.15. The van der Waals surface area contributed by atoms with Gasteiger partial charge in [-0.15, -0.1) is 0 Å². The van der Waals surface area contributed by atoms with Gasteiger partial charge in [-0.2, -0.15) is 0 Å². The third kappa shape index (κ3) is 4.86. The van der Waals surface area contributed by atoms with Gasteiger partial charge in [0.05, 0.1) is 19.3 Å². The van der Waals surface area contributed by atoms with Crippen molar-refractivity contribution < 1.29 is 10.2 Å². The van der Waals surface area contributed by atoms with Crippen LogP contribution in [-0.4, -0.2) is 29.5 Å². The largest absolute Gasteiger partial charge is 0.395 e. The van der Waals surface area contributed by atoms with E-state index in [1.807, 2.05) is 30.3 Å². The van der Waals surface area contributed by atoms with Gasteiger partial charge in [0.15, 0.2) is 0 Å². The van der Waals surface area contributed by atoms with Crippen molar-refractivity contribution in [2.24, 2.45) is 0 Å². The molecule has 0 aliphatic rings. The summed E-state index contributed by atoms with van der Waals surface area (Å²) in [5.74, 6) is 0. The average molecular weight is 237 g/mol. The number of hydrogen-bond donors (Lipinski definition) is 3. The lowest BCUT2D eigenvalue weighted by molar-refractivity contribution is 0.187. The molecule has 96 valence electrons. The minimum Gasteiger partial charge on any atom is -0.395 e. The van der Waals surface area contributed by atoms with E-state index in [-0.39, 0.29) is 25.3 Å². The molecule has 0 aliphatic heterocycles. The highest BCUT2D eigenvalue weighted by molar-refractivity contribution is 5.19. The average Bonchev–Trinajstić information content (AvgIpc) is 2.40. The van der Waals surface area contributed by atoms with Gasteiger partial charge in [-0.1, -0.05) is 50.1 Å². The topological polar surface area (TPSA) is 52.5 Å². The maximum atomic E-state index is 9.41. The van der Waals surface area contributed by atoms with E-state index in [1.165, 1.54) is 0 Å². The van der Waals surface area contributed by atoms with Crippen LogP contribution in [0.5, 0.6) is 0 Å². The van der Waals surface area contributed by atoms with Crippen molar-refractivity contribution in [3.63, 3.8) is 0 Å². The lowest BCUT2D eigenvalue weighted by Crippen LogP contribution is -2.37. The molecule has 0 aliphatic carbocycles. The lowest BCUT2D eigenvalue weighted by Gasteiger charge is -2.23. The number of benzene rings is 1. The molecular formula is C14H23NO2. The first kappa shape index (κ1) is 14.2. The van der Waals surface area contributed by atoms with Crippen molar-refractivity contribution in [2.45, 2.75) is 38.3 Å². The lowest BCUT2D eigenvalue weighted by atomic mass is 10.0. The number of aliphatic hydroxyl groups excluding tert-OH is 2. The van der Waals surface area contributed by atoms with E-state index >= 15 is 0 Å². The van der Waals surface area contributed by atoms with Crippen molar-refractivity contribution in [1.29, 1.82) is 0 Å². The fourth-order valence-electron chi connectivity index (χ4n) is 1.90. The minimum absolute atomic E-state index is 0.0483. The van der Waals surface area contributed by atoms with Crippen molar-refractivity contribution in [3.05, 3.63) is 35.9 Å². The van der Waals surface area contributed by atoms with Gasteiger partial charge in [-0.25, -0.2) is 0 Å². The Morgan fingerprint density at radius 3 is 2.35 bits per heavy atom. The summed E-state index contributed by atoms with van der Waals surface area (Å²) in [5, 5.41) is 22.0. The third-order valence-corrected chi connectivity index (χ3v) is 2.95. The van der Waals surface area contributed by atoms with Gasteiger partial charge in [0.2, 0.25) is 0 Å². The molecule has 0 amide bonds. The Bertz CT molecular complexity index is 290. The summed E-state index contributed by atoms with van der Waals surface area (Å²) in [6, 6.07) is 9.82. The summed E-state index contributed by atoms with van der Waals surface area (Å²) < 4.78 is 0. The summed E-state index contributed by atoms with van der Waals surface area (Å²) in [5.41, 5.74) is 1.06. The number of aliphatic hydroxyl groups is 2. The summed E-state index contributed by atoms with van der Waals surface area (Å²) in [6.07, 6.45) is 3.15. The maximum Gasteiger partial charge on any atom is 0.0626 e. The second kappa shape index (κ2) is 8.23. The molecule has 0 heterocycles. The van der Waals surface area contributed by atoms with Crippen LogP contribution >= 0.6 is 0 Å². The van der Waals surface area contributed by atoms with Gasteiger partial charge in [0, 0.05) is 6.04 Å². The fourth-order valence-corrected chi connectivity index (χ4v) is 1.90. The van der Waals surface area contributed by atoms with Gasteiger partial charge in [0.25, 0.3) is 0 Å². The quantitative estimate of drug-likeness (QED) is 0.647. The van der Waals surface area contributed by atoms with Crippen molar-refractivity contribution >= 4 is 0 Å². The second-order valence-corrected chi connectivity index (χ2v) is 4.33. The first-order valence-corrected chi connectivity index (χ1v) is 6.34. The van der Waals surface area contributed by atoms with Crippen LogP contribution in [-0.2, 0) is 0 Å². The van der Waals surface area contributed by atoms with Crippen LogP contribution in [0.3, 0.4) is 0 Å². The third-order valence-electron chi connectivity index (χ3n) is 2.95. The number of rotatable bonds is 8. The molecule has 2 atom stereocenters. The SMILES string of the molecule is CCCC[C@H](CO)N[C@@H](CO)c1ccccc1. The van der Waals surface area contributed by atoms with Crippen LogP contribution in [0, 0.1) is 0 Å². The highest BCUT2D eigenvalue weighted by Crippen LogP contribution is 2.14. The fraction of sp³-hybridized carbons (Fsp3) is 0.571. The standard InChI is InChI=1S/C14H23NO2/c1-2-3-9-13(10-16)15-14(11-17)12-7-5-4-6-8-12/h4-8,13-17H,2-3,9-11H2,1H3/t13-,14+/m1/s1. The van der Waals surface area contributed by atoms with E-state index in [4.69, 9.17) is 0 Å². The maximum absolute atomic E-state index is 9.41. The van der Waals surface area contributed by atoms with Crippen molar-refractivity contribution in [3.8, 4) is 0 Å². The van der Waals surface area contributed by atoms with E-state index in [0.717, 1.165) is 24.8 Å². The minimum atomic E-state index is -0.0924. The molecule has 17 heavy (non-hydrogen) atoms. The zero-order valence-corrected chi connectivity index (χ0v) is 10.5. The zero-order valence-electron chi connectivity index (χ0n) is 10.5. The highest BCUT2D eigenvalue weighted by atomic mass is 16.3. The molecule has 0 spiro atoms. The number of nitrogens with one attached hydrogen (secondary N) is 1. The van der Waals surface area contributed by atoms with E-state index in [1.54, 1.807) is 0 Å². The second-order valence-electron chi connectivity index (χ2n) is 4.33. The summed E-state index contributed by atoms with van der Waals surface area (Å²) in [4.78, 5) is 0. The normalized spacial score (nSPS) is 14.5. The Morgan fingerprint density at radius 2 is 1.82 bits per heavy atom. The molecular weight excluding hydrogens is 214 g/mol. The monoisotopic (exact) mass is 237 g/mol. The molecule has 3 heteroatoms. The molecule has 3 nitrogen and oxygen atoms in total. The van der Waals surface area contributed by atoms with Gasteiger partial charge < -0.3 is 15.5 Å². The Hall–Kier alpha value is -0.900. The van der Waals surface area contributed by atoms with E-state index in [9.17, 15) is 10.2 Å². The molecule has 0 saturated carbocycles. The molecule has 1 aromatic rings. The first-order chi connectivity index (χ1) is 8.31. The van der Waals surface area contributed by atoms with Crippen molar-refractivity contribution in [1.82, 2.24) is 5.32 Å². The Kier molecular flexibility index (Phi) is 6.86. The molecule has 3 N–H and O–H groups in total. The molecule has 0 saturated heterocycles. The molecule has 0 unspecified atom stereocenters. The van der Waals surface area contributed by atoms with E-state index < -0.39 is 0 Å². The van der Waals surface area contributed by atoms with Crippen LogP contribution in [0.1, 0.15) is 37.8 Å². The Balaban J connectivity index is 2.56. The number of unbranched alkanes of at least 4 members (excludes halogenated alkanes) is 1. The van der Waals surface area contributed by atoms with Gasteiger partial charge in [-0.3, -0.25) is 0 Å². The Labute approximate surface area is 103 Å². The molecule has 0 fully saturated rings. The first-order valence-electron chi connectivity index (χ1n) is 6.34. The van der Waals surface area contributed by atoms with E-state index in [2.05, 4.69) is 12.2 Å². The summed E-state index contributed by atoms with van der Waals surface area (Å²) >= 11 is 0. The molecule has 1 aromatic carbocycles. The van der Waals surface area contributed by atoms with Gasteiger partial charge in [0.1, 0.15) is 0 Å². The number of hydrogen-bond acceptors (Lipinski definition) is 3. The summed E-state index contributed by atoms with van der Waals surface area (Å²) in [6.45, 7) is 2.30. The van der Waals surface area contributed by atoms with Gasteiger partial charge in [-0.05, 0) is 12.0 Å². The van der Waals surface area contributed by atoms with Crippen LogP contribution in [0.15, 0.2) is 30.3 Å². The van der Waals surface area contributed by atoms with Crippen LogP contribution < -0.4 is 5.32 Å². The molecule has 1 rings (SSSR count). The smallest absolute Gasteiger partial charge is 0.0626 e. The molecule has 0 aromatic heterocycles. The van der Waals surface area contributed by atoms with Crippen LogP contribution in [0.25, 0.3) is 0 Å². The van der Waals surface area contributed by atoms with E-state index in [0.29, 0.717) is 0 Å². The molecule has 0 radical (unpaired) electrons. The predicted octanol–water partition coefficient (Wildman–Crippen LogP) is 1.86. The van der Waals surface area contributed by atoms with Crippen LogP contribution in [0.2, 0.25) is 0 Å². The Morgan fingerprint density at radius 1 is 1.12 bits per heavy atom. The van der Waals surface area contributed by atoms with Gasteiger partial charge >= 0.3 is 0 Å². The van der Waals surface area contributed by atoms with Crippen molar-refractivity contribution in [2.75, 3.05) is 13.2 Å². The zero-order chi connectivity index (χ0) is 12.5. The summed E-state index contributed by atoms with van der Waals surface area (Å²) in [7, 11) is 0. The van der Waals surface area contributed by atoms with Crippen LogP contribution in [0.4, 0.5) is 0 Å². The predicted molar refractivity (Wildman–Crippen MR) is 69.8 cm³/mol. The molecule has 0 bridgehead atoms.